The molecule has 2 aliphatic heterocycles. The summed E-state index contributed by atoms with van der Waals surface area (Å²) in [5.41, 5.74) is 1.54. The molecule has 150 valence electrons. The molecule has 1 aromatic carbocycles. The van der Waals surface area contributed by atoms with Crippen LogP contribution >= 0.6 is 0 Å². The maximum atomic E-state index is 12.3. The van der Waals surface area contributed by atoms with Crippen molar-refractivity contribution in [1.82, 2.24) is 9.80 Å². The molecule has 2 heterocycles. The Morgan fingerprint density at radius 1 is 1.22 bits per heavy atom. The van der Waals surface area contributed by atoms with Crippen LogP contribution in [0.4, 0.5) is 0 Å². The highest BCUT2D eigenvalue weighted by Crippen LogP contribution is 2.39. The van der Waals surface area contributed by atoms with Gasteiger partial charge in [-0.25, -0.2) is 0 Å². The number of nitrogens with zero attached hydrogens (tertiary/aromatic N) is 2. The third kappa shape index (κ3) is 5.45. The molecule has 27 heavy (non-hydrogen) atoms. The predicted octanol–water partition coefficient (Wildman–Crippen LogP) is 3.32. The summed E-state index contributed by atoms with van der Waals surface area (Å²) in [6.45, 7) is 9.47. The van der Waals surface area contributed by atoms with Crippen molar-refractivity contribution < 1.29 is 14.3 Å². The van der Waals surface area contributed by atoms with E-state index in [9.17, 15) is 4.79 Å². The van der Waals surface area contributed by atoms with Gasteiger partial charge in [-0.15, -0.1) is 0 Å². The Morgan fingerprint density at radius 3 is 2.85 bits per heavy atom. The van der Waals surface area contributed by atoms with E-state index < -0.39 is 0 Å². The number of hydrogen-bond donors (Lipinski definition) is 0. The van der Waals surface area contributed by atoms with Crippen molar-refractivity contribution in [1.29, 1.82) is 0 Å². The first-order valence-corrected chi connectivity index (χ1v) is 10.2. The molecule has 2 fully saturated rings. The molecule has 2 saturated heterocycles. The smallest absolute Gasteiger partial charge is 0.222 e. The molecule has 0 unspecified atom stereocenters. The van der Waals surface area contributed by atoms with Gasteiger partial charge in [-0.2, -0.15) is 0 Å². The van der Waals surface area contributed by atoms with Gasteiger partial charge in [-0.1, -0.05) is 12.1 Å². The Labute approximate surface area is 163 Å². The quantitative estimate of drug-likeness (QED) is 0.734. The molecule has 5 nitrogen and oxygen atoms in total. The van der Waals surface area contributed by atoms with Crippen LogP contribution in [-0.4, -0.2) is 61.7 Å². The van der Waals surface area contributed by atoms with E-state index in [1.54, 1.807) is 7.11 Å². The van der Waals surface area contributed by atoms with E-state index in [2.05, 4.69) is 36.9 Å². The largest absolute Gasteiger partial charge is 0.491 e. The number of rotatable bonds is 7. The molecule has 0 N–H and O–H groups in total. The first-order chi connectivity index (χ1) is 13.0. The van der Waals surface area contributed by atoms with Gasteiger partial charge in [0.05, 0.1) is 12.7 Å². The Balaban J connectivity index is 1.63. The van der Waals surface area contributed by atoms with Crippen LogP contribution in [0, 0.1) is 5.41 Å². The molecule has 2 aliphatic rings. The molecule has 3 rings (SSSR count). The highest BCUT2D eigenvalue weighted by molar-refractivity contribution is 5.77. The van der Waals surface area contributed by atoms with Gasteiger partial charge in [0.25, 0.3) is 0 Å². The number of hydrogen-bond acceptors (Lipinski definition) is 4. The van der Waals surface area contributed by atoms with Crippen molar-refractivity contribution in [2.24, 2.45) is 5.41 Å². The summed E-state index contributed by atoms with van der Waals surface area (Å²) in [7, 11) is 1.70. The van der Waals surface area contributed by atoms with Gasteiger partial charge in [0.2, 0.25) is 5.91 Å². The second kappa shape index (κ2) is 9.07. The van der Waals surface area contributed by atoms with Gasteiger partial charge in [0.15, 0.2) is 0 Å². The first-order valence-electron chi connectivity index (χ1n) is 10.2. The SMILES string of the molecule is COCCN1C[C@]2(CCCN(Cc3cccc(OC(C)C)c3)C2)CCC1=O. The number of benzene rings is 1. The fourth-order valence-corrected chi connectivity index (χ4v) is 4.53. The van der Waals surface area contributed by atoms with Crippen molar-refractivity contribution in [2.45, 2.75) is 52.2 Å². The van der Waals surface area contributed by atoms with Gasteiger partial charge in [-0.05, 0) is 57.4 Å². The van der Waals surface area contributed by atoms with Crippen LogP contribution in [0.3, 0.4) is 0 Å². The second-order valence-electron chi connectivity index (χ2n) is 8.44. The normalized spacial score (nSPS) is 24.0. The van der Waals surface area contributed by atoms with E-state index in [0.717, 1.165) is 38.3 Å². The van der Waals surface area contributed by atoms with Crippen molar-refractivity contribution in [3.8, 4) is 5.75 Å². The van der Waals surface area contributed by atoms with Crippen LogP contribution in [-0.2, 0) is 16.1 Å². The molecular formula is C22H34N2O3. The summed E-state index contributed by atoms with van der Waals surface area (Å²) >= 11 is 0. The van der Waals surface area contributed by atoms with Crippen LogP contribution in [0.2, 0.25) is 0 Å². The summed E-state index contributed by atoms with van der Waals surface area (Å²) in [5, 5.41) is 0. The highest BCUT2D eigenvalue weighted by atomic mass is 16.5. The van der Waals surface area contributed by atoms with Crippen LogP contribution in [0.5, 0.6) is 5.75 Å². The molecule has 5 heteroatoms. The number of amides is 1. The number of likely N-dealkylation sites (tertiary alicyclic amines) is 2. The van der Waals surface area contributed by atoms with E-state index in [1.165, 1.54) is 18.4 Å². The fourth-order valence-electron chi connectivity index (χ4n) is 4.53. The summed E-state index contributed by atoms with van der Waals surface area (Å²) in [6, 6.07) is 8.46. The molecule has 1 aromatic rings. The van der Waals surface area contributed by atoms with Gasteiger partial charge >= 0.3 is 0 Å². The summed E-state index contributed by atoms with van der Waals surface area (Å²) in [6.07, 6.45) is 4.31. The van der Waals surface area contributed by atoms with E-state index in [-0.39, 0.29) is 17.4 Å². The van der Waals surface area contributed by atoms with Crippen LogP contribution in [0.1, 0.15) is 45.1 Å². The van der Waals surface area contributed by atoms with E-state index in [0.29, 0.717) is 19.6 Å². The minimum Gasteiger partial charge on any atom is -0.491 e. The molecule has 1 spiro atoms. The molecular weight excluding hydrogens is 340 g/mol. The second-order valence-corrected chi connectivity index (χ2v) is 8.44. The zero-order valence-electron chi connectivity index (χ0n) is 17.1. The Morgan fingerprint density at radius 2 is 2.07 bits per heavy atom. The van der Waals surface area contributed by atoms with Crippen LogP contribution < -0.4 is 4.74 Å². The summed E-state index contributed by atoms with van der Waals surface area (Å²) < 4.78 is 11.0. The van der Waals surface area contributed by atoms with Crippen LogP contribution in [0.25, 0.3) is 0 Å². The van der Waals surface area contributed by atoms with Gasteiger partial charge in [0, 0.05) is 45.1 Å². The predicted molar refractivity (Wildman–Crippen MR) is 107 cm³/mol. The average Bonchev–Trinajstić information content (AvgIpc) is 2.63. The number of piperidine rings is 2. The lowest BCUT2D eigenvalue weighted by Crippen LogP contribution is -2.54. The van der Waals surface area contributed by atoms with Crippen molar-refractivity contribution in [2.75, 3.05) is 39.9 Å². The number of carbonyl (C=O) groups is 1. The molecule has 0 aliphatic carbocycles. The van der Waals surface area contributed by atoms with Crippen LogP contribution in [0.15, 0.2) is 24.3 Å². The minimum absolute atomic E-state index is 0.191. The van der Waals surface area contributed by atoms with E-state index in [1.807, 2.05) is 11.0 Å². The third-order valence-electron chi connectivity index (χ3n) is 5.73. The molecule has 1 amide bonds. The van der Waals surface area contributed by atoms with E-state index >= 15 is 0 Å². The van der Waals surface area contributed by atoms with Crippen molar-refractivity contribution in [3.63, 3.8) is 0 Å². The number of methoxy groups -OCH3 is 1. The standard InChI is InChI=1S/C22H34N2O3/c1-18(2)27-20-7-4-6-19(14-20)15-23-11-5-9-22(16-23)10-8-21(25)24(17-22)12-13-26-3/h4,6-7,14,18H,5,8-13,15-17H2,1-3H3/t22-/m1/s1. The third-order valence-corrected chi connectivity index (χ3v) is 5.73. The maximum absolute atomic E-state index is 12.3. The summed E-state index contributed by atoms with van der Waals surface area (Å²) in [4.78, 5) is 16.8. The minimum atomic E-state index is 0.191. The molecule has 0 radical (unpaired) electrons. The topological polar surface area (TPSA) is 42.0 Å². The van der Waals surface area contributed by atoms with Gasteiger partial charge in [-0.3, -0.25) is 9.69 Å². The molecule has 1 atom stereocenters. The lowest BCUT2D eigenvalue weighted by molar-refractivity contribution is -0.140. The average molecular weight is 375 g/mol. The Kier molecular flexibility index (Phi) is 6.77. The summed E-state index contributed by atoms with van der Waals surface area (Å²) in [5.74, 6) is 1.23. The number of carbonyl (C=O) groups excluding carboxylic acids is 1. The van der Waals surface area contributed by atoms with Gasteiger partial charge in [0.1, 0.15) is 5.75 Å². The van der Waals surface area contributed by atoms with Gasteiger partial charge < -0.3 is 14.4 Å². The monoisotopic (exact) mass is 374 g/mol. The maximum Gasteiger partial charge on any atom is 0.222 e. The number of ether oxygens (including phenoxy) is 2. The van der Waals surface area contributed by atoms with Crippen molar-refractivity contribution in [3.05, 3.63) is 29.8 Å². The molecule has 0 aromatic heterocycles. The fraction of sp³-hybridized carbons (Fsp3) is 0.682. The van der Waals surface area contributed by atoms with Crippen molar-refractivity contribution >= 4 is 5.91 Å². The zero-order chi connectivity index (χ0) is 19.3. The lowest BCUT2D eigenvalue weighted by atomic mass is 9.73. The highest BCUT2D eigenvalue weighted by Gasteiger charge is 2.41. The molecule has 0 bridgehead atoms. The van der Waals surface area contributed by atoms with E-state index in [4.69, 9.17) is 9.47 Å². The zero-order valence-corrected chi connectivity index (χ0v) is 17.1. The lowest BCUT2D eigenvalue weighted by Gasteiger charge is -2.48. The Bertz CT molecular complexity index is 634. The first kappa shape index (κ1) is 20.2. The Hall–Kier alpha value is -1.59. The molecule has 0 saturated carbocycles.